The van der Waals surface area contributed by atoms with E-state index in [4.69, 9.17) is 22.4 Å². The van der Waals surface area contributed by atoms with Gasteiger partial charge in [0.05, 0.1) is 6.61 Å². The van der Waals surface area contributed by atoms with Crippen LogP contribution in [-0.2, 0) is 6.42 Å². The lowest BCUT2D eigenvalue weighted by atomic mass is 9.96. The van der Waals surface area contributed by atoms with Crippen LogP contribution >= 0.6 is 11.6 Å². The molecule has 0 aliphatic rings. The molecule has 3 N–H and O–H groups in total. The third-order valence-corrected chi connectivity index (χ3v) is 2.13. The number of aromatic nitrogens is 1. The average Bonchev–Trinajstić information content (AvgIpc) is 2.09. The number of aliphatic hydroxyl groups excluding tert-OH is 1. The quantitative estimate of drug-likeness (QED) is 0.716. The normalized spacial score (nSPS) is 15.4. The van der Waals surface area contributed by atoms with Gasteiger partial charge in [-0.25, -0.2) is 4.98 Å². The summed E-state index contributed by atoms with van der Waals surface area (Å²) in [5.74, 6) is 0. The average molecular weight is 201 g/mol. The zero-order valence-electron chi connectivity index (χ0n) is 7.50. The van der Waals surface area contributed by atoms with Gasteiger partial charge < -0.3 is 10.8 Å². The van der Waals surface area contributed by atoms with Crippen LogP contribution in [0.3, 0.4) is 0 Å². The van der Waals surface area contributed by atoms with Crippen LogP contribution in [0.2, 0.25) is 5.15 Å². The molecule has 0 aliphatic heterocycles. The number of halogens is 1. The molecule has 0 amide bonds. The molecule has 3 nitrogen and oxygen atoms in total. The molecule has 1 aromatic heterocycles. The molecule has 0 aliphatic carbocycles. The second kappa shape index (κ2) is 4.05. The number of rotatable bonds is 3. The van der Waals surface area contributed by atoms with Crippen molar-refractivity contribution < 1.29 is 5.11 Å². The lowest BCUT2D eigenvalue weighted by Crippen LogP contribution is -2.42. The van der Waals surface area contributed by atoms with Gasteiger partial charge in [0, 0.05) is 11.7 Å². The molecule has 1 atom stereocenters. The minimum atomic E-state index is -0.632. The zero-order chi connectivity index (χ0) is 9.90. The fourth-order valence-corrected chi connectivity index (χ4v) is 1.23. The van der Waals surface area contributed by atoms with Crippen LogP contribution in [-0.4, -0.2) is 22.2 Å². The maximum Gasteiger partial charge on any atom is 0.132 e. The van der Waals surface area contributed by atoms with E-state index < -0.39 is 5.54 Å². The van der Waals surface area contributed by atoms with Crippen molar-refractivity contribution in [1.29, 1.82) is 0 Å². The first kappa shape index (κ1) is 10.4. The number of pyridine rings is 1. The lowest BCUT2D eigenvalue weighted by Gasteiger charge is -2.21. The Bertz CT molecular complexity index is 289. The van der Waals surface area contributed by atoms with E-state index in [1.807, 2.05) is 6.07 Å². The van der Waals surface area contributed by atoms with Gasteiger partial charge in [-0.2, -0.15) is 0 Å². The van der Waals surface area contributed by atoms with Gasteiger partial charge in [-0.3, -0.25) is 0 Å². The summed E-state index contributed by atoms with van der Waals surface area (Å²) in [4.78, 5) is 3.93. The first-order chi connectivity index (χ1) is 6.05. The zero-order valence-corrected chi connectivity index (χ0v) is 8.25. The molecule has 0 saturated carbocycles. The topological polar surface area (TPSA) is 59.1 Å². The molecule has 1 unspecified atom stereocenters. The standard InChI is InChI=1S/C9H13ClN2O/c1-9(11,6-13)5-7-3-2-4-12-8(7)10/h2-4,13H,5-6,11H2,1H3. The van der Waals surface area contributed by atoms with Gasteiger partial charge in [-0.05, 0) is 25.0 Å². The van der Waals surface area contributed by atoms with Crippen molar-refractivity contribution in [2.45, 2.75) is 18.9 Å². The minimum absolute atomic E-state index is 0.0712. The summed E-state index contributed by atoms with van der Waals surface area (Å²) in [6.07, 6.45) is 2.15. The molecule has 0 bridgehead atoms. The number of hydrogen-bond acceptors (Lipinski definition) is 3. The van der Waals surface area contributed by atoms with Crippen molar-refractivity contribution in [2.75, 3.05) is 6.61 Å². The van der Waals surface area contributed by atoms with Gasteiger partial charge in [-0.15, -0.1) is 0 Å². The van der Waals surface area contributed by atoms with Crippen LogP contribution in [0.1, 0.15) is 12.5 Å². The summed E-state index contributed by atoms with van der Waals surface area (Å²) in [5.41, 5.74) is 6.01. The minimum Gasteiger partial charge on any atom is -0.394 e. The summed E-state index contributed by atoms with van der Waals surface area (Å²) < 4.78 is 0. The maximum absolute atomic E-state index is 8.96. The number of hydrogen-bond donors (Lipinski definition) is 2. The van der Waals surface area contributed by atoms with E-state index in [0.717, 1.165) is 5.56 Å². The molecule has 1 heterocycles. The first-order valence-electron chi connectivity index (χ1n) is 4.04. The largest absolute Gasteiger partial charge is 0.394 e. The fourth-order valence-electron chi connectivity index (χ4n) is 1.04. The Morgan fingerprint density at radius 3 is 2.92 bits per heavy atom. The fraction of sp³-hybridized carbons (Fsp3) is 0.444. The Morgan fingerprint density at radius 1 is 1.69 bits per heavy atom. The molecule has 0 fully saturated rings. The van der Waals surface area contributed by atoms with Crippen LogP contribution in [0.5, 0.6) is 0 Å². The summed E-state index contributed by atoms with van der Waals surface area (Å²) in [5, 5.41) is 9.41. The van der Waals surface area contributed by atoms with E-state index in [2.05, 4.69) is 4.98 Å². The van der Waals surface area contributed by atoms with Crippen molar-refractivity contribution in [3.05, 3.63) is 29.0 Å². The lowest BCUT2D eigenvalue weighted by molar-refractivity contribution is 0.208. The summed E-state index contributed by atoms with van der Waals surface area (Å²) in [6, 6.07) is 3.66. The SMILES string of the molecule is CC(N)(CO)Cc1cccnc1Cl. The van der Waals surface area contributed by atoms with Crippen LogP contribution in [0, 0.1) is 0 Å². The van der Waals surface area contributed by atoms with Crippen molar-refractivity contribution in [1.82, 2.24) is 4.98 Å². The van der Waals surface area contributed by atoms with Gasteiger partial charge >= 0.3 is 0 Å². The Balaban J connectivity index is 2.80. The van der Waals surface area contributed by atoms with Crippen molar-refractivity contribution in [3.8, 4) is 0 Å². The molecule has 0 spiro atoms. The molecule has 72 valence electrons. The van der Waals surface area contributed by atoms with Crippen LogP contribution < -0.4 is 5.73 Å². The Labute approximate surface area is 82.5 Å². The van der Waals surface area contributed by atoms with Crippen LogP contribution in [0.15, 0.2) is 18.3 Å². The van der Waals surface area contributed by atoms with E-state index in [1.165, 1.54) is 0 Å². The van der Waals surface area contributed by atoms with Gasteiger partial charge in [0.1, 0.15) is 5.15 Å². The number of nitrogens with two attached hydrogens (primary N) is 1. The highest BCUT2D eigenvalue weighted by Crippen LogP contribution is 2.16. The highest BCUT2D eigenvalue weighted by atomic mass is 35.5. The summed E-state index contributed by atoms with van der Waals surface area (Å²) in [7, 11) is 0. The smallest absolute Gasteiger partial charge is 0.132 e. The molecule has 1 aromatic rings. The van der Waals surface area contributed by atoms with Crippen molar-refractivity contribution in [3.63, 3.8) is 0 Å². The monoisotopic (exact) mass is 200 g/mol. The van der Waals surface area contributed by atoms with Gasteiger partial charge in [0.2, 0.25) is 0 Å². The van der Waals surface area contributed by atoms with Gasteiger partial charge in [-0.1, -0.05) is 17.7 Å². The van der Waals surface area contributed by atoms with Crippen LogP contribution in [0.25, 0.3) is 0 Å². The van der Waals surface area contributed by atoms with Crippen molar-refractivity contribution in [2.24, 2.45) is 5.73 Å². The van der Waals surface area contributed by atoms with E-state index in [9.17, 15) is 0 Å². The van der Waals surface area contributed by atoms with E-state index in [1.54, 1.807) is 19.2 Å². The maximum atomic E-state index is 8.96. The Morgan fingerprint density at radius 2 is 2.38 bits per heavy atom. The molecule has 0 radical (unpaired) electrons. The second-order valence-electron chi connectivity index (χ2n) is 3.44. The molecular weight excluding hydrogens is 188 g/mol. The molecule has 0 saturated heterocycles. The number of nitrogens with zero attached hydrogens (tertiary/aromatic N) is 1. The van der Waals surface area contributed by atoms with E-state index >= 15 is 0 Å². The van der Waals surface area contributed by atoms with E-state index in [0.29, 0.717) is 11.6 Å². The van der Waals surface area contributed by atoms with Crippen molar-refractivity contribution >= 4 is 11.6 Å². The molecule has 0 aromatic carbocycles. The molecular formula is C9H13ClN2O. The first-order valence-corrected chi connectivity index (χ1v) is 4.42. The summed E-state index contributed by atoms with van der Waals surface area (Å²) in [6.45, 7) is 1.70. The molecule has 13 heavy (non-hydrogen) atoms. The van der Waals surface area contributed by atoms with E-state index in [-0.39, 0.29) is 6.61 Å². The Kier molecular flexibility index (Phi) is 3.25. The summed E-state index contributed by atoms with van der Waals surface area (Å²) >= 11 is 5.84. The Hall–Kier alpha value is -0.640. The predicted molar refractivity (Wildman–Crippen MR) is 52.6 cm³/mol. The third kappa shape index (κ3) is 2.95. The molecule has 4 heteroatoms. The van der Waals surface area contributed by atoms with Gasteiger partial charge in [0.25, 0.3) is 0 Å². The number of aliphatic hydroxyl groups is 1. The van der Waals surface area contributed by atoms with Gasteiger partial charge in [0.15, 0.2) is 0 Å². The van der Waals surface area contributed by atoms with Crippen LogP contribution in [0.4, 0.5) is 0 Å². The second-order valence-corrected chi connectivity index (χ2v) is 3.80. The third-order valence-electron chi connectivity index (χ3n) is 1.79. The highest BCUT2D eigenvalue weighted by Gasteiger charge is 2.19. The highest BCUT2D eigenvalue weighted by molar-refractivity contribution is 6.30. The predicted octanol–water partition coefficient (Wildman–Crippen LogP) is 0.987. The molecule has 1 rings (SSSR count).